The summed E-state index contributed by atoms with van der Waals surface area (Å²) in [7, 11) is 1.90. The molecule has 1 unspecified atom stereocenters. The van der Waals surface area contributed by atoms with Crippen LogP contribution in [0.1, 0.15) is 18.7 Å². The SMILES string of the molecule is CCN1CCN(C(C(=O)O)c2nc(-c3ccccc3)n(C)c2Br)CC1. The molecule has 0 saturated carbocycles. The topological polar surface area (TPSA) is 61.6 Å². The molecule has 1 aromatic heterocycles. The first kappa shape index (κ1) is 18.1. The average molecular weight is 407 g/mol. The van der Waals surface area contributed by atoms with E-state index in [1.807, 2.05) is 46.8 Å². The van der Waals surface area contributed by atoms with Crippen molar-refractivity contribution in [2.45, 2.75) is 13.0 Å². The quantitative estimate of drug-likeness (QED) is 0.826. The van der Waals surface area contributed by atoms with Gasteiger partial charge in [0.15, 0.2) is 6.04 Å². The van der Waals surface area contributed by atoms with Gasteiger partial charge in [0.2, 0.25) is 0 Å². The van der Waals surface area contributed by atoms with E-state index < -0.39 is 12.0 Å². The second-order valence-corrected chi connectivity index (χ2v) is 7.00. The highest BCUT2D eigenvalue weighted by molar-refractivity contribution is 9.10. The maximum absolute atomic E-state index is 12.0. The second kappa shape index (κ2) is 7.68. The van der Waals surface area contributed by atoms with Gasteiger partial charge >= 0.3 is 5.97 Å². The van der Waals surface area contributed by atoms with Crippen molar-refractivity contribution >= 4 is 21.9 Å². The predicted octanol–water partition coefficient (Wildman–Crippen LogP) is 2.61. The van der Waals surface area contributed by atoms with Gasteiger partial charge in [0.1, 0.15) is 16.1 Å². The monoisotopic (exact) mass is 406 g/mol. The summed E-state index contributed by atoms with van der Waals surface area (Å²) in [5, 5.41) is 9.87. The number of carbonyl (C=O) groups is 1. The standard InChI is InChI=1S/C18H23BrN4O2/c1-3-22-9-11-23(12-10-22)15(18(24)25)14-16(19)21(2)17(20-14)13-7-5-4-6-8-13/h4-8,15H,3,9-12H2,1-2H3,(H,24,25). The lowest BCUT2D eigenvalue weighted by Crippen LogP contribution is -2.49. The van der Waals surface area contributed by atoms with Crippen molar-refractivity contribution in [1.29, 1.82) is 0 Å². The lowest BCUT2D eigenvalue weighted by molar-refractivity contribution is -0.144. The van der Waals surface area contributed by atoms with E-state index in [0.29, 0.717) is 5.69 Å². The Kier molecular flexibility index (Phi) is 5.56. The van der Waals surface area contributed by atoms with Crippen molar-refractivity contribution in [3.05, 3.63) is 40.6 Å². The molecule has 0 aliphatic carbocycles. The van der Waals surface area contributed by atoms with Crippen LogP contribution in [0.3, 0.4) is 0 Å². The van der Waals surface area contributed by atoms with Crippen LogP contribution in [0.25, 0.3) is 11.4 Å². The van der Waals surface area contributed by atoms with Gasteiger partial charge in [0.05, 0.1) is 0 Å². The van der Waals surface area contributed by atoms with Crippen LogP contribution >= 0.6 is 15.9 Å². The van der Waals surface area contributed by atoms with Gasteiger partial charge in [-0.2, -0.15) is 0 Å². The number of piperazine rings is 1. The summed E-state index contributed by atoms with van der Waals surface area (Å²) in [6, 6.07) is 9.09. The van der Waals surface area contributed by atoms with Crippen molar-refractivity contribution in [2.24, 2.45) is 7.05 Å². The van der Waals surface area contributed by atoms with Gasteiger partial charge in [0.25, 0.3) is 0 Å². The molecule has 134 valence electrons. The molecule has 1 fully saturated rings. The summed E-state index contributed by atoms with van der Waals surface area (Å²) >= 11 is 3.56. The number of likely N-dealkylation sites (N-methyl/N-ethyl adjacent to an activating group) is 1. The third-order valence-electron chi connectivity index (χ3n) is 4.79. The first-order valence-electron chi connectivity index (χ1n) is 8.49. The minimum atomic E-state index is -0.858. The molecule has 1 aromatic carbocycles. The summed E-state index contributed by atoms with van der Waals surface area (Å²) in [4.78, 5) is 21.1. The first-order valence-corrected chi connectivity index (χ1v) is 9.29. The minimum Gasteiger partial charge on any atom is -0.480 e. The number of carboxylic acids is 1. The number of nitrogens with zero attached hydrogens (tertiary/aromatic N) is 4. The number of carboxylic acid groups (broad SMARTS) is 1. The number of aromatic nitrogens is 2. The summed E-state index contributed by atoms with van der Waals surface area (Å²) in [6.07, 6.45) is 0. The van der Waals surface area contributed by atoms with Gasteiger partial charge in [-0.1, -0.05) is 37.3 Å². The van der Waals surface area contributed by atoms with Crippen molar-refractivity contribution < 1.29 is 9.90 Å². The number of rotatable bonds is 5. The van der Waals surface area contributed by atoms with Crippen molar-refractivity contribution in [3.63, 3.8) is 0 Å². The van der Waals surface area contributed by atoms with E-state index in [4.69, 9.17) is 4.98 Å². The Labute approximate surface area is 156 Å². The molecule has 2 aromatic rings. The molecule has 1 N–H and O–H groups in total. The highest BCUT2D eigenvalue weighted by atomic mass is 79.9. The largest absolute Gasteiger partial charge is 0.480 e. The van der Waals surface area contributed by atoms with Crippen LogP contribution in [0.15, 0.2) is 34.9 Å². The van der Waals surface area contributed by atoms with Gasteiger partial charge in [0, 0.05) is 38.8 Å². The molecule has 0 spiro atoms. The number of hydrogen-bond acceptors (Lipinski definition) is 4. The predicted molar refractivity (Wildman–Crippen MR) is 100 cm³/mol. The minimum absolute atomic E-state index is 0.568. The van der Waals surface area contributed by atoms with Gasteiger partial charge in [-0.05, 0) is 22.5 Å². The maximum atomic E-state index is 12.0. The highest BCUT2D eigenvalue weighted by Gasteiger charge is 2.34. The van der Waals surface area contributed by atoms with Crippen LogP contribution in [0.5, 0.6) is 0 Å². The summed E-state index contributed by atoms with van der Waals surface area (Å²) in [5.74, 6) is -0.0933. The third-order valence-corrected chi connectivity index (χ3v) is 5.73. The summed E-state index contributed by atoms with van der Waals surface area (Å²) in [5.41, 5.74) is 1.54. The van der Waals surface area contributed by atoms with E-state index in [-0.39, 0.29) is 0 Å². The molecular weight excluding hydrogens is 384 g/mol. The zero-order valence-electron chi connectivity index (χ0n) is 14.5. The molecule has 6 nitrogen and oxygen atoms in total. The number of benzene rings is 1. The van der Waals surface area contributed by atoms with E-state index in [2.05, 4.69) is 27.8 Å². The van der Waals surface area contributed by atoms with E-state index in [0.717, 1.165) is 48.7 Å². The van der Waals surface area contributed by atoms with Crippen LogP contribution in [-0.2, 0) is 11.8 Å². The molecule has 0 bridgehead atoms. The van der Waals surface area contributed by atoms with Crippen LogP contribution in [0.2, 0.25) is 0 Å². The van der Waals surface area contributed by atoms with Gasteiger partial charge in [-0.25, -0.2) is 4.98 Å². The first-order chi connectivity index (χ1) is 12.0. The lowest BCUT2D eigenvalue weighted by Gasteiger charge is -2.36. The molecule has 7 heteroatoms. The van der Waals surface area contributed by atoms with Crippen LogP contribution in [-0.4, -0.2) is 63.2 Å². The molecule has 1 aliphatic rings. The van der Waals surface area contributed by atoms with Gasteiger partial charge < -0.3 is 14.6 Å². The Morgan fingerprint density at radius 3 is 2.44 bits per heavy atom. The lowest BCUT2D eigenvalue weighted by atomic mass is 10.1. The normalized spacial score (nSPS) is 17.6. The molecule has 0 amide bonds. The number of aliphatic carboxylic acids is 1. The summed E-state index contributed by atoms with van der Waals surface area (Å²) < 4.78 is 2.62. The number of halogens is 1. The molecule has 25 heavy (non-hydrogen) atoms. The Balaban J connectivity index is 1.94. The third kappa shape index (κ3) is 3.63. The van der Waals surface area contributed by atoms with Crippen LogP contribution in [0.4, 0.5) is 0 Å². The fraction of sp³-hybridized carbons (Fsp3) is 0.444. The number of hydrogen-bond donors (Lipinski definition) is 1. The zero-order chi connectivity index (χ0) is 18.0. The second-order valence-electron chi connectivity index (χ2n) is 6.25. The molecule has 1 saturated heterocycles. The molecule has 1 aliphatic heterocycles. The maximum Gasteiger partial charge on any atom is 0.327 e. The van der Waals surface area contributed by atoms with E-state index in [1.54, 1.807) is 0 Å². The Morgan fingerprint density at radius 1 is 1.24 bits per heavy atom. The van der Waals surface area contributed by atoms with Crippen molar-refractivity contribution in [2.75, 3.05) is 32.7 Å². The fourth-order valence-corrected chi connectivity index (χ4v) is 3.78. The Morgan fingerprint density at radius 2 is 1.88 bits per heavy atom. The smallest absolute Gasteiger partial charge is 0.327 e. The van der Waals surface area contributed by atoms with Gasteiger partial charge in [-0.15, -0.1) is 0 Å². The van der Waals surface area contributed by atoms with Gasteiger partial charge in [-0.3, -0.25) is 9.69 Å². The molecule has 0 radical (unpaired) electrons. The molecule has 3 rings (SSSR count). The Bertz CT molecular complexity index is 739. The van der Waals surface area contributed by atoms with E-state index in [1.165, 1.54) is 0 Å². The highest BCUT2D eigenvalue weighted by Crippen LogP contribution is 2.32. The van der Waals surface area contributed by atoms with E-state index >= 15 is 0 Å². The molecule has 1 atom stereocenters. The molecule has 2 heterocycles. The van der Waals surface area contributed by atoms with Crippen LogP contribution in [0, 0.1) is 0 Å². The van der Waals surface area contributed by atoms with Crippen LogP contribution < -0.4 is 0 Å². The van der Waals surface area contributed by atoms with Crippen molar-refractivity contribution in [3.8, 4) is 11.4 Å². The average Bonchev–Trinajstić information content (AvgIpc) is 2.92. The Hall–Kier alpha value is -1.70. The van der Waals surface area contributed by atoms with Crippen molar-refractivity contribution in [1.82, 2.24) is 19.4 Å². The number of imidazole rings is 1. The fourth-order valence-electron chi connectivity index (χ4n) is 3.30. The van der Waals surface area contributed by atoms with E-state index in [9.17, 15) is 9.90 Å². The summed E-state index contributed by atoms with van der Waals surface area (Å²) in [6.45, 7) is 6.36. The molecular formula is C18H23BrN4O2. The zero-order valence-corrected chi connectivity index (χ0v) is 16.1.